The molecule has 0 amide bonds. The quantitative estimate of drug-likeness (QED) is 0.598. The van der Waals surface area contributed by atoms with Gasteiger partial charge < -0.3 is 14.6 Å². The third-order valence-corrected chi connectivity index (χ3v) is 3.39. The van der Waals surface area contributed by atoms with Gasteiger partial charge in [-0.1, -0.05) is 12.1 Å². The van der Waals surface area contributed by atoms with E-state index in [0.29, 0.717) is 36.5 Å². The van der Waals surface area contributed by atoms with E-state index >= 15 is 0 Å². The second kappa shape index (κ2) is 7.45. The first-order valence-electron chi connectivity index (χ1n) is 7.06. The molecule has 5 heteroatoms. The lowest BCUT2D eigenvalue weighted by molar-refractivity contribution is -0.137. The summed E-state index contributed by atoms with van der Waals surface area (Å²) in [6.07, 6.45) is 2.07. The van der Waals surface area contributed by atoms with Crippen LogP contribution >= 0.6 is 0 Å². The molecule has 5 nitrogen and oxygen atoms in total. The SMILES string of the molecule is COc1ccc2ccc(OCCCCC(=O)O)c(C=O)c2c1. The van der Waals surface area contributed by atoms with E-state index in [1.165, 1.54) is 0 Å². The van der Waals surface area contributed by atoms with Crippen LogP contribution in [0.3, 0.4) is 0 Å². The van der Waals surface area contributed by atoms with Gasteiger partial charge in [0.15, 0.2) is 6.29 Å². The number of ether oxygens (including phenoxy) is 2. The van der Waals surface area contributed by atoms with E-state index in [2.05, 4.69) is 0 Å². The molecule has 0 bridgehead atoms. The van der Waals surface area contributed by atoms with Crippen molar-refractivity contribution in [2.24, 2.45) is 0 Å². The first kappa shape index (κ1) is 15.8. The molecule has 22 heavy (non-hydrogen) atoms. The fourth-order valence-corrected chi connectivity index (χ4v) is 2.24. The minimum Gasteiger partial charge on any atom is -0.497 e. The first-order valence-corrected chi connectivity index (χ1v) is 7.06. The Morgan fingerprint density at radius 1 is 1.23 bits per heavy atom. The summed E-state index contributed by atoms with van der Waals surface area (Å²) in [4.78, 5) is 21.9. The molecular weight excluding hydrogens is 284 g/mol. The van der Waals surface area contributed by atoms with Crippen molar-refractivity contribution >= 4 is 23.0 Å². The normalized spacial score (nSPS) is 10.4. The Kier molecular flexibility index (Phi) is 5.36. The summed E-state index contributed by atoms with van der Waals surface area (Å²) in [7, 11) is 1.57. The van der Waals surface area contributed by atoms with E-state index in [4.69, 9.17) is 14.6 Å². The smallest absolute Gasteiger partial charge is 0.303 e. The largest absolute Gasteiger partial charge is 0.497 e. The van der Waals surface area contributed by atoms with Crippen LogP contribution in [-0.4, -0.2) is 31.1 Å². The van der Waals surface area contributed by atoms with Crippen molar-refractivity contribution in [1.82, 2.24) is 0 Å². The van der Waals surface area contributed by atoms with Gasteiger partial charge in [0.25, 0.3) is 0 Å². The van der Waals surface area contributed by atoms with Gasteiger partial charge in [0.1, 0.15) is 11.5 Å². The maximum absolute atomic E-state index is 11.4. The van der Waals surface area contributed by atoms with Crippen LogP contribution < -0.4 is 9.47 Å². The van der Waals surface area contributed by atoms with Crippen LogP contribution in [0.4, 0.5) is 0 Å². The number of hydrogen-bond acceptors (Lipinski definition) is 4. The monoisotopic (exact) mass is 302 g/mol. The van der Waals surface area contributed by atoms with Crippen LogP contribution in [0, 0.1) is 0 Å². The van der Waals surface area contributed by atoms with Crippen molar-refractivity contribution in [2.75, 3.05) is 13.7 Å². The van der Waals surface area contributed by atoms with Crippen LogP contribution in [-0.2, 0) is 4.79 Å². The highest BCUT2D eigenvalue weighted by Gasteiger charge is 2.09. The summed E-state index contributed by atoms with van der Waals surface area (Å²) in [5.41, 5.74) is 0.481. The number of carboxylic acids is 1. The lowest BCUT2D eigenvalue weighted by Gasteiger charge is -2.11. The molecular formula is C17H18O5. The number of hydrogen-bond donors (Lipinski definition) is 1. The Hall–Kier alpha value is -2.56. The number of aliphatic carboxylic acids is 1. The Labute approximate surface area is 128 Å². The molecule has 0 fully saturated rings. The van der Waals surface area contributed by atoms with Gasteiger partial charge in [-0.2, -0.15) is 0 Å². The molecule has 0 saturated heterocycles. The molecule has 0 heterocycles. The number of carboxylic acid groups (broad SMARTS) is 1. The Balaban J connectivity index is 2.15. The average molecular weight is 302 g/mol. The molecule has 0 aliphatic heterocycles. The lowest BCUT2D eigenvalue weighted by atomic mass is 10.0. The molecule has 0 saturated carbocycles. The maximum atomic E-state index is 11.4. The van der Waals surface area contributed by atoms with Gasteiger partial charge in [0.05, 0.1) is 19.3 Å². The standard InChI is InChI=1S/C17H18O5/c1-21-13-7-5-12-6-8-16(15(11-18)14(12)10-13)22-9-3-2-4-17(19)20/h5-8,10-11H,2-4,9H2,1H3,(H,19,20). The van der Waals surface area contributed by atoms with Gasteiger partial charge in [0.2, 0.25) is 0 Å². The van der Waals surface area contributed by atoms with Crippen molar-refractivity contribution < 1.29 is 24.2 Å². The van der Waals surface area contributed by atoms with E-state index in [0.717, 1.165) is 17.1 Å². The van der Waals surface area contributed by atoms with Crippen molar-refractivity contribution in [3.05, 3.63) is 35.9 Å². The summed E-state index contributed by atoms with van der Waals surface area (Å²) in [6.45, 7) is 0.379. The molecule has 2 aromatic rings. The third-order valence-electron chi connectivity index (χ3n) is 3.39. The average Bonchev–Trinajstić information content (AvgIpc) is 2.53. The van der Waals surface area contributed by atoms with Gasteiger partial charge in [-0.05, 0) is 41.8 Å². The molecule has 1 N–H and O–H groups in total. The lowest BCUT2D eigenvalue weighted by Crippen LogP contribution is -2.02. The molecule has 0 radical (unpaired) electrons. The Morgan fingerprint density at radius 2 is 2.00 bits per heavy atom. The van der Waals surface area contributed by atoms with Crippen LogP contribution in [0.2, 0.25) is 0 Å². The predicted molar refractivity (Wildman–Crippen MR) is 82.9 cm³/mol. The van der Waals surface area contributed by atoms with Crippen LogP contribution in [0.5, 0.6) is 11.5 Å². The topological polar surface area (TPSA) is 72.8 Å². The van der Waals surface area contributed by atoms with Crippen molar-refractivity contribution in [3.63, 3.8) is 0 Å². The summed E-state index contributed by atoms with van der Waals surface area (Å²) >= 11 is 0. The third kappa shape index (κ3) is 3.75. The Morgan fingerprint density at radius 3 is 2.68 bits per heavy atom. The minimum absolute atomic E-state index is 0.124. The number of unbranched alkanes of at least 4 members (excludes halogenated alkanes) is 1. The fourth-order valence-electron chi connectivity index (χ4n) is 2.24. The molecule has 0 aliphatic rings. The second-order valence-corrected chi connectivity index (χ2v) is 4.88. The van der Waals surface area contributed by atoms with Gasteiger partial charge in [0, 0.05) is 6.42 Å². The molecule has 116 valence electrons. The highest BCUT2D eigenvalue weighted by molar-refractivity contribution is 6.01. The summed E-state index contributed by atoms with van der Waals surface area (Å²) in [5, 5.41) is 10.3. The highest BCUT2D eigenvalue weighted by atomic mass is 16.5. The highest BCUT2D eigenvalue weighted by Crippen LogP contribution is 2.29. The molecule has 0 spiro atoms. The molecule has 0 aromatic heterocycles. The van der Waals surface area contributed by atoms with Gasteiger partial charge in [-0.25, -0.2) is 0 Å². The Bertz CT molecular complexity index is 678. The van der Waals surface area contributed by atoms with Crippen LogP contribution in [0.15, 0.2) is 30.3 Å². The van der Waals surface area contributed by atoms with Crippen LogP contribution in [0.1, 0.15) is 29.6 Å². The second-order valence-electron chi connectivity index (χ2n) is 4.88. The first-order chi connectivity index (χ1) is 10.7. The van der Waals surface area contributed by atoms with Gasteiger partial charge in [-0.3, -0.25) is 9.59 Å². The zero-order valence-corrected chi connectivity index (χ0v) is 12.4. The number of rotatable bonds is 8. The number of aldehydes is 1. The summed E-state index contributed by atoms with van der Waals surface area (Å²) in [5.74, 6) is 0.367. The number of fused-ring (bicyclic) bond motifs is 1. The molecule has 2 aromatic carbocycles. The molecule has 0 unspecified atom stereocenters. The summed E-state index contributed by atoms with van der Waals surface area (Å²) in [6, 6.07) is 9.17. The van der Waals surface area contributed by atoms with E-state index in [9.17, 15) is 9.59 Å². The zero-order chi connectivity index (χ0) is 15.9. The number of carbonyl (C=O) groups is 2. The number of carbonyl (C=O) groups excluding carboxylic acids is 1. The molecule has 2 rings (SSSR count). The van der Waals surface area contributed by atoms with Gasteiger partial charge >= 0.3 is 5.97 Å². The molecule has 0 atom stereocenters. The van der Waals surface area contributed by atoms with E-state index in [-0.39, 0.29) is 6.42 Å². The van der Waals surface area contributed by atoms with Crippen molar-refractivity contribution in [2.45, 2.75) is 19.3 Å². The summed E-state index contributed by atoms with van der Waals surface area (Å²) < 4.78 is 10.8. The molecule has 0 aliphatic carbocycles. The number of methoxy groups -OCH3 is 1. The van der Waals surface area contributed by atoms with Crippen molar-refractivity contribution in [1.29, 1.82) is 0 Å². The maximum Gasteiger partial charge on any atom is 0.303 e. The van der Waals surface area contributed by atoms with Crippen molar-refractivity contribution in [3.8, 4) is 11.5 Å². The van der Waals surface area contributed by atoms with E-state index in [1.54, 1.807) is 19.2 Å². The minimum atomic E-state index is -0.814. The fraction of sp³-hybridized carbons (Fsp3) is 0.294. The zero-order valence-electron chi connectivity index (χ0n) is 12.4. The van der Waals surface area contributed by atoms with E-state index in [1.807, 2.05) is 18.2 Å². The van der Waals surface area contributed by atoms with E-state index < -0.39 is 5.97 Å². The van der Waals surface area contributed by atoms with Crippen LogP contribution in [0.25, 0.3) is 10.8 Å². The predicted octanol–water partition coefficient (Wildman–Crippen LogP) is 3.29. The number of benzene rings is 2. The van der Waals surface area contributed by atoms with Gasteiger partial charge in [-0.15, -0.1) is 0 Å².